The van der Waals surface area contributed by atoms with Crippen LogP contribution in [0.1, 0.15) is 49.2 Å². The van der Waals surface area contributed by atoms with Crippen molar-refractivity contribution in [2.24, 2.45) is 0 Å². The van der Waals surface area contributed by atoms with Crippen LogP contribution < -0.4 is 4.74 Å². The maximum atomic E-state index is 13.6. The SMILES string of the molecule is CCC(Oc1ccc(-c2cc(C(C)C)on2)cc1)C(=O)OCC(=O)c1ccc(Br)c(F)c1. The average Bonchev–Trinajstić information content (AvgIpc) is 3.28. The summed E-state index contributed by atoms with van der Waals surface area (Å²) in [6, 6.07) is 13.0. The van der Waals surface area contributed by atoms with Crippen molar-refractivity contribution in [1.82, 2.24) is 5.16 Å². The van der Waals surface area contributed by atoms with E-state index < -0.39 is 30.3 Å². The minimum Gasteiger partial charge on any atom is -0.479 e. The van der Waals surface area contributed by atoms with Crippen LogP contribution in [0.3, 0.4) is 0 Å². The summed E-state index contributed by atoms with van der Waals surface area (Å²) in [4.78, 5) is 24.6. The topological polar surface area (TPSA) is 78.6 Å². The van der Waals surface area contributed by atoms with E-state index in [1.165, 1.54) is 12.1 Å². The van der Waals surface area contributed by atoms with Gasteiger partial charge in [-0.05, 0) is 64.8 Å². The van der Waals surface area contributed by atoms with Crippen LogP contribution in [0.2, 0.25) is 0 Å². The van der Waals surface area contributed by atoms with Crippen LogP contribution in [0.4, 0.5) is 4.39 Å². The molecule has 0 saturated carbocycles. The molecule has 0 fully saturated rings. The van der Waals surface area contributed by atoms with E-state index in [0.717, 1.165) is 23.1 Å². The molecule has 0 bridgehead atoms. The number of hydrogen-bond donors (Lipinski definition) is 0. The lowest BCUT2D eigenvalue weighted by Crippen LogP contribution is -2.30. The number of carbonyl (C=O) groups is 2. The fourth-order valence-corrected chi connectivity index (χ4v) is 3.09. The second kappa shape index (κ2) is 10.5. The lowest BCUT2D eigenvalue weighted by molar-refractivity contribution is -0.150. The van der Waals surface area contributed by atoms with Crippen LogP contribution in [0.15, 0.2) is 57.5 Å². The molecule has 0 saturated heterocycles. The molecule has 0 amide bonds. The van der Waals surface area contributed by atoms with E-state index in [1.54, 1.807) is 19.1 Å². The zero-order valence-corrected chi connectivity index (χ0v) is 19.5. The molecule has 2 aromatic carbocycles. The van der Waals surface area contributed by atoms with Crippen molar-refractivity contribution >= 4 is 27.7 Å². The van der Waals surface area contributed by atoms with E-state index in [9.17, 15) is 14.0 Å². The molecular formula is C24H23BrFNO5. The summed E-state index contributed by atoms with van der Waals surface area (Å²) in [7, 11) is 0. The molecule has 0 aliphatic carbocycles. The first kappa shape index (κ1) is 23.7. The highest BCUT2D eigenvalue weighted by Crippen LogP contribution is 2.26. The number of hydrogen-bond acceptors (Lipinski definition) is 6. The third kappa shape index (κ3) is 5.82. The van der Waals surface area contributed by atoms with Gasteiger partial charge in [0.1, 0.15) is 23.0 Å². The number of aromatic nitrogens is 1. The van der Waals surface area contributed by atoms with Gasteiger partial charge in [-0.3, -0.25) is 4.79 Å². The van der Waals surface area contributed by atoms with Gasteiger partial charge in [0.15, 0.2) is 18.5 Å². The van der Waals surface area contributed by atoms with Crippen molar-refractivity contribution in [1.29, 1.82) is 0 Å². The largest absolute Gasteiger partial charge is 0.479 e. The summed E-state index contributed by atoms with van der Waals surface area (Å²) in [6.07, 6.45) is -0.530. The summed E-state index contributed by atoms with van der Waals surface area (Å²) >= 11 is 3.03. The van der Waals surface area contributed by atoms with Gasteiger partial charge in [-0.1, -0.05) is 25.9 Å². The minimum atomic E-state index is -0.880. The van der Waals surface area contributed by atoms with Crippen molar-refractivity contribution in [2.45, 2.75) is 39.2 Å². The molecule has 8 heteroatoms. The van der Waals surface area contributed by atoms with E-state index >= 15 is 0 Å². The van der Waals surface area contributed by atoms with Crippen molar-refractivity contribution < 1.29 is 28.0 Å². The predicted molar refractivity (Wildman–Crippen MR) is 120 cm³/mol. The minimum absolute atomic E-state index is 0.122. The summed E-state index contributed by atoms with van der Waals surface area (Å²) in [5.41, 5.74) is 1.70. The Morgan fingerprint density at radius 1 is 1.12 bits per heavy atom. The second-order valence-electron chi connectivity index (χ2n) is 7.47. The molecule has 1 unspecified atom stereocenters. The van der Waals surface area contributed by atoms with Gasteiger partial charge in [0, 0.05) is 23.1 Å². The maximum Gasteiger partial charge on any atom is 0.347 e. The summed E-state index contributed by atoms with van der Waals surface area (Å²) < 4.78 is 30.0. The Hall–Kier alpha value is -3.00. The molecule has 0 aliphatic heterocycles. The zero-order chi connectivity index (χ0) is 23.3. The van der Waals surface area contributed by atoms with Crippen LogP contribution in [-0.4, -0.2) is 29.6 Å². The Balaban J connectivity index is 1.58. The first-order valence-electron chi connectivity index (χ1n) is 10.2. The van der Waals surface area contributed by atoms with Gasteiger partial charge < -0.3 is 14.0 Å². The number of esters is 1. The van der Waals surface area contributed by atoms with Crippen molar-refractivity contribution in [2.75, 3.05) is 6.61 Å². The maximum absolute atomic E-state index is 13.6. The molecule has 1 atom stereocenters. The average molecular weight is 504 g/mol. The van der Waals surface area contributed by atoms with Gasteiger partial charge in [0.2, 0.25) is 0 Å². The highest BCUT2D eigenvalue weighted by atomic mass is 79.9. The Kier molecular flexibility index (Phi) is 7.80. The van der Waals surface area contributed by atoms with E-state index in [2.05, 4.69) is 21.1 Å². The lowest BCUT2D eigenvalue weighted by Gasteiger charge is -2.16. The number of ether oxygens (including phenoxy) is 2. The number of carbonyl (C=O) groups excluding carboxylic acids is 2. The molecular weight excluding hydrogens is 481 g/mol. The quantitative estimate of drug-likeness (QED) is 0.265. The Morgan fingerprint density at radius 2 is 1.84 bits per heavy atom. The summed E-state index contributed by atoms with van der Waals surface area (Å²) in [6.45, 7) is 5.32. The highest BCUT2D eigenvalue weighted by Gasteiger charge is 2.22. The Bertz CT molecular complexity index is 1090. The van der Waals surface area contributed by atoms with Crippen LogP contribution >= 0.6 is 15.9 Å². The molecule has 0 aliphatic rings. The van der Waals surface area contributed by atoms with Crippen LogP contribution in [0.25, 0.3) is 11.3 Å². The Morgan fingerprint density at radius 3 is 2.44 bits per heavy atom. The first-order chi connectivity index (χ1) is 15.3. The van der Waals surface area contributed by atoms with E-state index in [0.29, 0.717) is 12.2 Å². The van der Waals surface area contributed by atoms with Crippen LogP contribution in [0, 0.1) is 5.82 Å². The van der Waals surface area contributed by atoms with E-state index in [4.69, 9.17) is 14.0 Å². The fourth-order valence-electron chi connectivity index (χ4n) is 2.85. The number of ketones is 1. The van der Waals surface area contributed by atoms with Crippen molar-refractivity contribution in [3.05, 3.63) is 70.1 Å². The summed E-state index contributed by atoms with van der Waals surface area (Å²) in [5.74, 6) is -0.213. The third-order valence-electron chi connectivity index (χ3n) is 4.75. The third-order valence-corrected chi connectivity index (χ3v) is 5.39. The molecule has 32 heavy (non-hydrogen) atoms. The molecule has 1 aromatic heterocycles. The van der Waals surface area contributed by atoms with Crippen LogP contribution in [-0.2, 0) is 9.53 Å². The first-order valence-corrected chi connectivity index (χ1v) is 11.0. The smallest absolute Gasteiger partial charge is 0.347 e. The van der Waals surface area contributed by atoms with Gasteiger partial charge in [0.25, 0.3) is 0 Å². The molecule has 3 rings (SSSR count). The molecule has 168 valence electrons. The predicted octanol–water partition coefficient (Wildman–Crippen LogP) is 5.95. The van der Waals surface area contributed by atoms with Gasteiger partial charge >= 0.3 is 5.97 Å². The molecule has 6 nitrogen and oxygen atoms in total. The van der Waals surface area contributed by atoms with Gasteiger partial charge in [-0.15, -0.1) is 0 Å². The molecule has 3 aromatic rings. The number of Topliss-reactive ketones (excluding diaryl/α,β-unsaturated/α-hetero) is 1. The zero-order valence-electron chi connectivity index (χ0n) is 17.9. The van der Waals surface area contributed by atoms with Gasteiger partial charge in [0.05, 0.1) is 4.47 Å². The number of nitrogens with zero attached hydrogens (tertiary/aromatic N) is 1. The molecule has 0 spiro atoms. The van der Waals surface area contributed by atoms with Crippen molar-refractivity contribution in [3.8, 4) is 17.0 Å². The number of halogens is 2. The molecule has 0 N–H and O–H groups in total. The van der Waals surface area contributed by atoms with Gasteiger partial charge in [-0.25, -0.2) is 9.18 Å². The van der Waals surface area contributed by atoms with Gasteiger partial charge in [-0.2, -0.15) is 0 Å². The number of benzene rings is 2. The molecule has 0 radical (unpaired) electrons. The molecule has 1 heterocycles. The standard InChI is InChI=1S/C24H23BrFNO5/c1-4-22(24(29)30-13-21(28)16-7-10-18(25)19(26)11-16)31-17-8-5-15(6-9-17)20-12-23(14(2)3)32-27-20/h5-12,14,22H,4,13H2,1-3H3. The van der Waals surface area contributed by atoms with E-state index in [-0.39, 0.29) is 16.0 Å². The fraction of sp³-hybridized carbons (Fsp3) is 0.292. The second-order valence-corrected chi connectivity index (χ2v) is 8.32. The monoisotopic (exact) mass is 503 g/mol. The van der Waals surface area contributed by atoms with E-state index in [1.807, 2.05) is 32.0 Å². The van der Waals surface area contributed by atoms with Crippen LogP contribution in [0.5, 0.6) is 5.75 Å². The summed E-state index contributed by atoms with van der Waals surface area (Å²) in [5, 5.41) is 4.07. The lowest BCUT2D eigenvalue weighted by atomic mass is 10.1. The normalized spacial score (nSPS) is 11.9. The highest BCUT2D eigenvalue weighted by molar-refractivity contribution is 9.10. The number of rotatable bonds is 9. The Labute approximate surface area is 193 Å². The van der Waals surface area contributed by atoms with Crippen molar-refractivity contribution in [3.63, 3.8) is 0 Å².